The van der Waals surface area contributed by atoms with Gasteiger partial charge in [-0.15, -0.1) is 0 Å². The summed E-state index contributed by atoms with van der Waals surface area (Å²) in [6, 6.07) is 15.3. The maximum atomic E-state index is 12.4. The van der Waals surface area contributed by atoms with Gasteiger partial charge in [0.1, 0.15) is 17.2 Å². The van der Waals surface area contributed by atoms with Crippen molar-refractivity contribution in [3.8, 4) is 34.6 Å². The number of nitrogens with two attached hydrogens (primary N) is 1. The molecule has 2 aromatic heterocycles. The van der Waals surface area contributed by atoms with E-state index in [0.717, 1.165) is 35.3 Å². The molecule has 2 aromatic carbocycles. The normalized spacial score (nSPS) is 13.9. The second kappa shape index (κ2) is 9.62. The zero-order chi connectivity index (χ0) is 25.2. The molecule has 3 heterocycles. The van der Waals surface area contributed by atoms with Crippen molar-refractivity contribution < 1.29 is 14.3 Å². The number of ether oxygens (including phenoxy) is 1. The number of piperidine rings is 1. The van der Waals surface area contributed by atoms with Crippen LogP contribution in [0.1, 0.15) is 47.3 Å². The summed E-state index contributed by atoms with van der Waals surface area (Å²) in [7, 11) is 0. The average molecular weight is 482 g/mol. The number of nitrogens with zero attached hydrogens (tertiary/aromatic N) is 3. The number of carbonyl (C=O) groups excluding carboxylic acids is 2. The average Bonchev–Trinajstić information content (AvgIpc) is 3.46. The molecule has 0 unspecified atom stereocenters. The van der Waals surface area contributed by atoms with Crippen LogP contribution in [0.5, 0.6) is 11.5 Å². The molecule has 4 aromatic rings. The molecule has 0 saturated carbocycles. The number of nitrogens with one attached hydrogen (secondary N) is 1. The monoisotopic (exact) mass is 481 g/mol. The van der Waals surface area contributed by atoms with E-state index in [0.29, 0.717) is 35.9 Å². The van der Waals surface area contributed by atoms with Crippen molar-refractivity contribution in [2.75, 3.05) is 13.1 Å². The lowest BCUT2D eigenvalue weighted by Gasteiger charge is -2.30. The molecule has 0 atom stereocenters. The first-order chi connectivity index (χ1) is 17.4. The minimum Gasteiger partial charge on any atom is -0.457 e. The maximum absolute atomic E-state index is 12.4. The van der Waals surface area contributed by atoms with Gasteiger partial charge in [-0.05, 0) is 74.9 Å². The van der Waals surface area contributed by atoms with E-state index in [2.05, 4.69) is 16.9 Å². The third kappa shape index (κ3) is 4.43. The Kier molecular flexibility index (Phi) is 6.21. The molecule has 5 rings (SSSR count). The fraction of sp³-hybridized carbons (Fsp3) is 0.250. The Labute approximate surface area is 209 Å². The summed E-state index contributed by atoms with van der Waals surface area (Å²) in [6.45, 7) is 4.96. The molecule has 1 aliphatic heterocycles. The van der Waals surface area contributed by atoms with E-state index < -0.39 is 5.91 Å². The second-order valence-electron chi connectivity index (χ2n) is 8.94. The van der Waals surface area contributed by atoms with E-state index in [1.807, 2.05) is 61.7 Å². The highest BCUT2D eigenvalue weighted by molar-refractivity contribution is 5.98. The number of amides is 2. The van der Waals surface area contributed by atoms with Gasteiger partial charge in [-0.2, -0.15) is 0 Å². The summed E-state index contributed by atoms with van der Waals surface area (Å²) in [4.78, 5) is 31.1. The summed E-state index contributed by atoms with van der Waals surface area (Å²) >= 11 is 0. The van der Waals surface area contributed by atoms with Crippen LogP contribution in [0.15, 0.2) is 54.7 Å². The van der Waals surface area contributed by atoms with Gasteiger partial charge in [0.15, 0.2) is 11.3 Å². The van der Waals surface area contributed by atoms with Crippen molar-refractivity contribution in [1.82, 2.24) is 19.5 Å². The zero-order valence-corrected chi connectivity index (χ0v) is 20.2. The number of aromatic amines is 1. The number of primary amides is 1. The second-order valence-corrected chi connectivity index (χ2v) is 8.94. The van der Waals surface area contributed by atoms with Crippen LogP contribution >= 0.6 is 0 Å². The number of likely N-dealkylation sites (tertiary alicyclic amines) is 1. The Bertz CT molecular complexity index is 1480. The van der Waals surface area contributed by atoms with Crippen molar-refractivity contribution >= 4 is 17.5 Å². The van der Waals surface area contributed by atoms with Crippen LogP contribution in [-0.2, 0) is 4.79 Å². The molecule has 1 fully saturated rings. The third-order valence-electron chi connectivity index (χ3n) is 6.56. The number of aryl methyl sites for hydroxylation is 1. The molecule has 8 nitrogen and oxygen atoms in total. The number of H-pyrrole nitrogens is 1. The fourth-order valence-corrected chi connectivity index (χ4v) is 4.67. The van der Waals surface area contributed by atoms with Crippen LogP contribution < -0.4 is 10.5 Å². The minimum atomic E-state index is -0.565. The third-order valence-corrected chi connectivity index (χ3v) is 6.56. The fourth-order valence-electron chi connectivity index (χ4n) is 4.67. The van der Waals surface area contributed by atoms with Crippen molar-refractivity contribution in [3.05, 3.63) is 71.5 Å². The summed E-state index contributed by atoms with van der Waals surface area (Å²) < 4.78 is 7.58. The molecular weight excluding hydrogens is 454 g/mol. The summed E-state index contributed by atoms with van der Waals surface area (Å²) in [6.07, 6.45) is 3.47. The SMILES string of the molecule is CC#CC(=O)N1CCC(c2c[nH]n3c(C(N)=O)c(-c4ccc(Oc5ccc(C)cc5)cc4)nc23)CC1. The number of hydrogen-bond donors (Lipinski definition) is 2. The molecule has 0 spiro atoms. The Balaban J connectivity index is 1.41. The van der Waals surface area contributed by atoms with Crippen molar-refractivity contribution in [3.63, 3.8) is 0 Å². The summed E-state index contributed by atoms with van der Waals surface area (Å²) in [5.41, 5.74) is 10.2. The highest BCUT2D eigenvalue weighted by Crippen LogP contribution is 2.34. The van der Waals surface area contributed by atoms with Crippen molar-refractivity contribution in [2.24, 2.45) is 5.73 Å². The van der Waals surface area contributed by atoms with Gasteiger partial charge in [-0.1, -0.05) is 23.6 Å². The van der Waals surface area contributed by atoms with Crippen LogP contribution in [0.3, 0.4) is 0 Å². The summed E-state index contributed by atoms with van der Waals surface area (Å²) in [5, 5.41) is 3.15. The van der Waals surface area contributed by atoms with Crippen LogP contribution in [0.4, 0.5) is 0 Å². The number of fused-ring (bicyclic) bond motifs is 1. The number of carbonyl (C=O) groups is 2. The Morgan fingerprint density at radius 1 is 1.06 bits per heavy atom. The molecular formula is C28H27N5O3. The van der Waals surface area contributed by atoms with Gasteiger partial charge in [0.25, 0.3) is 11.8 Å². The van der Waals surface area contributed by atoms with E-state index >= 15 is 0 Å². The minimum absolute atomic E-state index is 0.135. The van der Waals surface area contributed by atoms with E-state index in [4.69, 9.17) is 15.5 Å². The lowest BCUT2D eigenvalue weighted by atomic mass is 9.91. The van der Waals surface area contributed by atoms with Gasteiger partial charge in [0, 0.05) is 30.4 Å². The first-order valence-corrected chi connectivity index (χ1v) is 11.9. The maximum Gasteiger partial charge on any atom is 0.298 e. The molecule has 1 saturated heterocycles. The van der Waals surface area contributed by atoms with Crippen molar-refractivity contribution in [2.45, 2.75) is 32.6 Å². The van der Waals surface area contributed by atoms with Crippen LogP contribution in [-0.4, -0.2) is 44.4 Å². The predicted octanol–water partition coefficient (Wildman–Crippen LogP) is 4.26. The molecule has 182 valence electrons. The van der Waals surface area contributed by atoms with Gasteiger partial charge >= 0.3 is 0 Å². The Morgan fingerprint density at radius 3 is 2.31 bits per heavy atom. The topological polar surface area (TPSA) is 106 Å². The highest BCUT2D eigenvalue weighted by atomic mass is 16.5. The van der Waals surface area contributed by atoms with Gasteiger partial charge in [-0.25, -0.2) is 9.50 Å². The number of benzene rings is 2. The quantitative estimate of drug-likeness (QED) is 0.416. The molecule has 3 N–H and O–H groups in total. The molecule has 2 amide bonds. The molecule has 0 bridgehead atoms. The largest absolute Gasteiger partial charge is 0.457 e. The molecule has 8 heteroatoms. The van der Waals surface area contributed by atoms with Gasteiger partial charge in [-0.3, -0.25) is 14.7 Å². The Morgan fingerprint density at radius 2 is 1.69 bits per heavy atom. The first kappa shape index (κ1) is 23.2. The standard InChI is InChI=1S/C28H27N5O3/c1-3-4-24(34)32-15-13-19(14-16-32)23-17-30-33-26(27(29)35)25(31-28(23)33)20-7-11-22(12-8-20)36-21-9-5-18(2)6-10-21/h5-12,17,19,30H,13-16H2,1-2H3,(H2,29,35). The van der Waals surface area contributed by atoms with Gasteiger partial charge < -0.3 is 15.4 Å². The molecule has 0 aliphatic carbocycles. The lowest BCUT2D eigenvalue weighted by Crippen LogP contribution is -2.37. The van der Waals surface area contributed by atoms with E-state index in [9.17, 15) is 9.59 Å². The van der Waals surface area contributed by atoms with Crippen LogP contribution in [0.25, 0.3) is 16.9 Å². The van der Waals surface area contributed by atoms with Crippen molar-refractivity contribution in [1.29, 1.82) is 0 Å². The predicted molar refractivity (Wildman–Crippen MR) is 137 cm³/mol. The van der Waals surface area contributed by atoms with Crippen LogP contribution in [0.2, 0.25) is 0 Å². The molecule has 1 aliphatic rings. The number of aromatic nitrogens is 3. The lowest BCUT2D eigenvalue weighted by molar-refractivity contribution is -0.126. The molecule has 0 radical (unpaired) electrons. The zero-order valence-electron chi connectivity index (χ0n) is 20.2. The van der Waals surface area contributed by atoms with Gasteiger partial charge in [0.2, 0.25) is 0 Å². The van der Waals surface area contributed by atoms with Gasteiger partial charge in [0.05, 0.1) is 0 Å². The number of imidazole rings is 1. The first-order valence-electron chi connectivity index (χ1n) is 11.9. The van der Waals surface area contributed by atoms with Crippen LogP contribution in [0, 0.1) is 18.8 Å². The number of rotatable bonds is 5. The van der Waals surface area contributed by atoms with E-state index in [-0.39, 0.29) is 11.8 Å². The summed E-state index contributed by atoms with van der Waals surface area (Å²) in [5.74, 6) is 6.22. The van der Waals surface area contributed by atoms with E-state index in [1.165, 1.54) is 0 Å². The Hall–Kier alpha value is -4.51. The van der Waals surface area contributed by atoms with E-state index in [1.54, 1.807) is 16.3 Å². The molecule has 36 heavy (non-hydrogen) atoms. The highest BCUT2D eigenvalue weighted by Gasteiger charge is 2.28. The smallest absolute Gasteiger partial charge is 0.298 e. The number of hydrogen-bond acceptors (Lipinski definition) is 4.